The van der Waals surface area contributed by atoms with Crippen LogP contribution in [-0.4, -0.2) is 127 Å². The number of rotatable bonds is 6. The number of fused-ring (bicyclic) bond motifs is 3. The van der Waals surface area contributed by atoms with Crippen LogP contribution in [-0.2, 0) is 15.9 Å². The van der Waals surface area contributed by atoms with Crippen molar-refractivity contribution in [3.63, 3.8) is 0 Å². The van der Waals surface area contributed by atoms with E-state index in [0.29, 0.717) is 55.1 Å². The normalized spacial score (nSPS) is 20.0. The molecule has 6 heterocycles. The first-order valence-electron chi connectivity index (χ1n) is 16.0. The molecule has 0 radical (unpaired) electrons. The maximum atomic E-state index is 13.0. The highest BCUT2D eigenvalue weighted by atomic mass is 16.5. The summed E-state index contributed by atoms with van der Waals surface area (Å²) in [6, 6.07) is 7.20. The van der Waals surface area contributed by atoms with Gasteiger partial charge in [-0.3, -0.25) is 10.1 Å². The Kier molecular flexibility index (Phi) is 8.65. The van der Waals surface area contributed by atoms with Crippen molar-refractivity contribution in [2.45, 2.75) is 31.3 Å². The zero-order valence-corrected chi connectivity index (χ0v) is 26.3. The summed E-state index contributed by atoms with van der Waals surface area (Å²) in [6.45, 7) is 6.49. The fourth-order valence-corrected chi connectivity index (χ4v) is 6.62. The van der Waals surface area contributed by atoms with E-state index in [1.165, 1.54) is 0 Å². The number of amides is 3. The summed E-state index contributed by atoms with van der Waals surface area (Å²) in [5.41, 5.74) is 2.97. The molecule has 0 bridgehead atoms. The molecule has 3 amide bonds. The zero-order chi connectivity index (χ0) is 31.6. The molecule has 242 valence electrons. The number of anilines is 4. The lowest BCUT2D eigenvalue weighted by Crippen LogP contribution is -2.44. The Bertz CT molecular complexity index is 1550. The Hall–Kier alpha value is -4.40. The van der Waals surface area contributed by atoms with Gasteiger partial charge in [0, 0.05) is 74.4 Å². The number of carbonyl (C=O) groups excluding carboxylic acids is 2. The number of aromatic nitrogens is 4. The molecule has 0 spiro atoms. The van der Waals surface area contributed by atoms with Crippen LogP contribution < -0.4 is 20.4 Å². The molecule has 1 atom stereocenters. The van der Waals surface area contributed by atoms with Crippen LogP contribution in [0.4, 0.5) is 28.1 Å². The second-order valence-electron chi connectivity index (χ2n) is 12.3. The van der Waals surface area contributed by atoms with Crippen molar-refractivity contribution >= 4 is 35.2 Å². The van der Waals surface area contributed by atoms with E-state index in [0.717, 1.165) is 69.2 Å². The number of piperidine rings is 1. The van der Waals surface area contributed by atoms with E-state index in [2.05, 4.69) is 49.4 Å². The van der Waals surface area contributed by atoms with E-state index in [1.807, 2.05) is 4.90 Å². The van der Waals surface area contributed by atoms with Gasteiger partial charge in [-0.05, 0) is 51.2 Å². The standard InChI is InChI=1S/C32H40N10O4/c1-39(2)24-7-9-41(10-8-24)30(43)21-3-5-23(6-4-21)35-32(44)38-31-33-18-22(19-34-31)27-36-28(40-11-14-45-15-12-40)26-17-25-20-46-16-13-42(25)29(26)37-27/h3-6,18-19,24-25H,7-17,20H2,1-2H3,(H2,33,34,35,38,44)/t25-/m1/s1. The summed E-state index contributed by atoms with van der Waals surface area (Å²) in [6.07, 6.45) is 6.03. The summed E-state index contributed by atoms with van der Waals surface area (Å²) in [5, 5.41) is 5.46. The van der Waals surface area contributed by atoms with Gasteiger partial charge in [-0.25, -0.2) is 24.7 Å². The van der Waals surface area contributed by atoms with Crippen LogP contribution in [0.15, 0.2) is 36.7 Å². The number of likely N-dealkylation sites (tertiary alicyclic amines) is 1. The van der Waals surface area contributed by atoms with E-state index < -0.39 is 6.03 Å². The molecule has 46 heavy (non-hydrogen) atoms. The lowest BCUT2D eigenvalue weighted by Gasteiger charge is -2.35. The molecule has 7 rings (SSSR count). The van der Waals surface area contributed by atoms with Gasteiger partial charge in [-0.2, -0.15) is 0 Å². The molecule has 3 aromatic rings. The summed E-state index contributed by atoms with van der Waals surface area (Å²) in [5.74, 6) is 2.58. The number of nitrogens with one attached hydrogen (secondary N) is 2. The molecule has 3 saturated heterocycles. The van der Waals surface area contributed by atoms with Gasteiger partial charge in [0.2, 0.25) is 5.95 Å². The van der Waals surface area contributed by atoms with Gasteiger partial charge < -0.3 is 34.4 Å². The van der Waals surface area contributed by atoms with Gasteiger partial charge in [0.25, 0.3) is 5.91 Å². The Morgan fingerprint density at radius 1 is 0.870 bits per heavy atom. The minimum Gasteiger partial charge on any atom is -0.378 e. The molecule has 0 saturated carbocycles. The van der Waals surface area contributed by atoms with Crippen molar-refractivity contribution in [3.05, 3.63) is 47.8 Å². The van der Waals surface area contributed by atoms with Crippen molar-refractivity contribution < 1.29 is 19.1 Å². The molecule has 0 unspecified atom stereocenters. The highest BCUT2D eigenvalue weighted by Gasteiger charge is 2.37. The van der Waals surface area contributed by atoms with Crippen molar-refractivity contribution in [2.24, 2.45) is 0 Å². The molecule has 14 heteroatoms. The third-order valence-electron chi connectivity index (χ3n) is 9.22. The van der Waals surface area contributed by atoms with Crippen LogP contribution in [0.5, 0.6) is 0 Å². The number of benzene rings is 1. The lowest BCUT2D eigenvalue weighted by molar-refractivity contribution is 0.0663. The summed E-state index contributed by atoms with van der Waals surface area (Å²) in [4.78, 5) is 53.1. The third kappa shape index (κ3) is 6.32. The molecule has 4 aliphatic rings. The first-order valence-corrected chi connectivity index (χ1v) is 16.0. The van der Waals surface area contributed by atoms with Crippen molar-refractivity contribution in [1.82, 2.24) is 29.7 Å². The molecule has 1 aromatic carbocycles. The quantitative estimate of drug-likeness (QED) is 0.416. The highest BCUT2D eigenvalue weighted by molar-refractivity contribution is 5.99. The van der Waals surface area contributed by atoms with Gasteiger partial charge in [0.05, 0.1) is 38.0 Å². The Balaban J connectivity index is 0.996. The fraction of sp³-hybridized carbons (Fsp3) is 0.500. The van der Waals surface area contributed by atoms with E-state index in [9.17, 15) is 9.59 Å². The zero-order valence-electron chi connectivity index (χ0n) is 26.3. The van der Waals surface area contributed by atoms with Crippen molar-refractivity contribution in [3.8, 4) is 11.4 Å². The first kappa shape index (κ1) is 30.3. The van der Waals surface area contributed by atoms with Crippen molar-refractivity contribution in [2.75, 3.05) is 93.7 Å². The third-order valence-corrected chi connectivity index (χ3v) is 9.22. The van der Waals surface area contributed by atoms with E-state index in [1.54, 1.807) is 36.7 Å². The van der Waals surface area contributed by atoms with Gasteiger partial charge in [0.1, 0.15) is 11.6 Å². The predicted octanol–water partition coefficient (Wildman–Crippen LogP) is 2.34. The van der Waals surface area contributed by atoms with Crippen LogP contribution in [0.1, 0.15) is 28.8 Å². The second kappa shape index (κ2) is 13.1. The number of hydrogen-bond acceptors (Lipinski definition) is 11. The number of urea groups is 1. The minimum atomic E-state index is -0.487. The SMILES string of the molecule is CN(C)C1CCN(C(=O)c2ccc(NC(=O)Nc3ncc(-c4nc(N5CCOCC5)c5c(n4)N4CCOC[C@H]4C5)cn3)cc2)CC1. The molecular weight excluding hydrogens is 588 g/mol. The maximum absolute atomic E-state index is 13.0. The lowest BCUT2D eigenvalue weighted by atomic mass is 10.0. The molecular formula is C32H40N10O4. The van der Waals surface area contributed by atoms with Gasteiger partial charge in [-0.1, -0.05) is 0 Å². The Morgan fingerprint density at radius 3 is 2.28 bits per heavy atom. The fourth-order valence-electron chi connectivity index (χ4n) is 6.62. The van der Waals surface area contributed by atoms with E-state index in [4.69, 9.17) is 19.4 Å². The second-order valence-corrected chi connectivity index (χ2v) is 12.3. The number of hydrogen-bond donors (Lipinski definition) is 2. The van der Waals surface area contributed by atoms with Crippen LogP contribution in [0.2, 0.25) is 0 Å². The van der Waals surface area contributed by atoms with E-state index in [-0.39, 0.29) is 17.9 Å². The molecule has 4 aliphatic heterocycles. The molecule has 0 aliphatic carbocycles. The summed E-state index contributed by atoms with van der Waals surface area (Å²) in [7, 11) is 4.16. The molecule has 14 nitrogen and oxygen atoms in total. The smallest absolute Gasteiger partial charge is 0.326 e. The summed E-state index contributed by atoms with van der Waals surface area (Å²) < 4.78 is 11.3. The number of ether oxygens (including phenoxy) is 2. The Morgan fingerprint density at radius 2 is 1.57 bits per heavy atom. The number of morpholine rings is 2. The van der Waals surface area contributed by atoms with Gasteiger partial charge in [-0.15, -0.1) is 0 Å². The van der Waals surface area contributed by atoms with Crippen LogP contribution in [0.3, 0.4) is 0 Å². The van der Waals surface area contributed by atoms with Gasteiger partial charge in [0.15, 0.2) is 5.82 Å². The van der Waals surface area contributed by atoms with Crippen LogP contribution in [0.25, 0.3) is 11.4 Å². The monoisotopic (exact) mass is 628 g/mol. The Labute approximate surface area is 268 Å². The molecule has 3 fully saturated rings. The predicted molar refractivity (Wildman–Crippen MR) is 173 cm³/mol. The highest BCUT2D eigenvalue weighted by Crippen LogP contribution is 2.39. The van der Waals surface area contributed by atoms with Crippen LogP contribution >= 0.6 is 0 Å². The largest absolute Gasteiger partial charge is 0.378 e. The molecule has 2 N–H and O–H groups in total. The average Bonchev–Trinajstić information content (AvgIpc) is 3.47. The number of nitrogens with zero attached hydrogens (tertiary/aromatic N) is 8. The molecule has 2 aromatic heterocycles. The van der Waals surface area contributed by atoms with Crippen molar-refractivity contribution in [1.29, 1.82) is 0 Å². The first-order chi connectivity index (χ1) is 22.4. The topological polar surface area (TPSA) is 141 Å². The number of carbonyl (C=O) groups is 2. The van der Waals surface area contributed by atoms with Gasteiger partial charge >= 0.3 is 6.03 Å². The minimum absolute atomic E-state index is 0.0101. The summed E-state index contributed by atoms with van der Waals surface area (Å²) >= 11 is 0. The average molecular weight is 629 g/mol. The maximum Gasteiger partial charge on any atom is 0.326 e. The van der Waals surface area contributed by atoms with E-state index >= 15 is 0 Å². The van der Waals surface area contributed by atoms with Crippen LogP contribution in [0, 0.1) is 0 Å².